The second-order valence-electron chi connectivity index (χ2n) is 4.99. The number of nitrogen functional groups attached to an aromatic ring is 1. The molecular formula is C17H14BrN5OS. The Balaban J connectivity index is 1.57. The number of nitrogens with two attached hydrogens (primary N) is 1. The van der Waals surface area contributed by atoms with Crippen molar-refractivity contribution < 1.29 is 4.74 Å². The molecule has 25 heavy (non-hydrogen) atoms. The number of thioether (sulfide) groups is 1. The minimum absolute atomic E-state index is 0.494. The molecular weight excluding hydrogens is 402 g/mol. The van der Waals surface area contributed by atoms with Crippen LogP contribution in [0.2, 0.25) is 0 Å². The molecule has 0 saturated heterocycles. The van der Waals surface area contributed by atoms with E-state index in [1.54, 1.807) is 24.3 Å². The second kappa shape index (κ2) is 8.05. The smallest absolute Gasteiger partial charge is 0.210 e. The van der Waals surface area contributed by atoms with Gasteiger partial charge in [0.1, 0.15) is 5.75 Å². The molecule has 0 amide bonds. The Bertz CT molecular complexity index is 904. The van der Waals surface area contributed by atoms with Crippen molar-refractivity contribution >= 4 is 27.7 Å². The highest BCUT2D eigenvalue weighted by Gasteiger charge is 2.14. The molecule has 0 aliphatic heterocycles. The van der Waals surface area contributed by atoms with Gasteiger partial charge in [0.2, 0.25) is 5.16 Å². The molecule has 0 aliphatic rings. The molecule has 0 saturated carbocycles. The molecule has 1 heterocycles. The van der Waals surface area contributed by atoms with E-state index in [0.29, 0.717) is 28.9 Å². The molecule has 0 unspecified atom stereocenters. The van der Waals surface area contributed by atoms with E-state index in [1.807, 2.05) is 24.3 Å². The standard InChI is InChI=1S/C17H14BrN5OS/c18-15-4-2-1-3-14(15)16-21-22-17(23(16)20)25-10-9-24-13-7-5-12(11-19)6-8-13/h1-8H,9-10,20H2. The van der Waals surface area contributed by atoms with E-state index in [0.717, 1.165) is 15.8 Å². The van der Waals surface area contributed by atoms with Crippen molar-refractivity contribution in [2.75, 3.05) is 18.2 Å². The van der Waals surface area contributed by atoms with Crippen molar-refractivity contribution in [3.63, 3.8) is 0 Å². The lowest BCUT2D eigenvalue weighted by molar-refractivity contribution is 0.344. The summed E-state index contributed by atoms with van der Waals surface area (Å²) in [6, 6.07) is 16.8. The Kier molecular flexibility index (Phi) is 5.58. The molecule has 0 fully saturated rings. The fourth-order valence-electron chi connectivity index (χ4n) is 2.12. The van der Waals surface area contributed by atoms with E-state index in [2.05, 4.69) is 32.2 Å². The van der Waals surface area contributed by atoms with Crippen LogP contribution in [0.5, 0.6) is 5.75 Å². The van der Waals surface area contributed by atoms with Crippen LogP contribution >= 0.6 is 27.7 Å². The highest BCUT2D eigenvalue weighted by Crippen LogP contribution is 2.27. The summed E-state index contributed by atoms with van der Waals surface area (Å²) in [5.74, 6) is 8.10. The summed E-state index contributed by atoms with van der Waals surface area (Å²) in [6.07, 6.45) is 0. The second-order valence-corrected chi connectivity index (χ2v) is 6.91. The molecule has 0 spiro atoms. The van der Waals surface area contributed by atoms with Crippen LogP contribution < -0.4 is 10.6 Å². The SMILES string of the molecule is N#Cc1ccc(OCCSc2nnc(-c3ccccc3Br)n2N)cc1. The molecule has 2 N–H and O–H groups in total. The molecule has 1 aromatic heterocycles. The van der Waals surface area contributed by atoms with Crippen molar-refractivity contribution in [2.24, 2.45) is 0 Å². The Morgan fingerprint density at radius 1 is 1.16 bits per heavy atom. The summed E-state index contributed by atoms with van der Waals surface area (Å²) in [7, 11) is 0. The predicted octanol–water partition coefficient (Wildman–Crippen LogP) is 3.46. The third kappa shape index (κ3) is 4.13. The first kappa shape index (κ1) is 17.3. The molecule has 3 rings (SSSR count). The summed E-state index contributed by atoms with van der Waals surface area (Å²) in [6.45, 7) is 0.494. The first-order valence-corrected chi connectivity index (χ1v) is 9.18. The third-order valence-corrected chi connectivity index (χ3v) is 4.94. The van der Waals surface area contributed by atoms with Crippen LogP contribution in [0.25, 0.3) is 11.4 Å². The number of benzene rings is 2. The molecule has 0 aliphatic carbocycles. The fourth-order valence-corrected chi connectivity index (χ4v) is 3.26. The minimum Gasteiger partial charge on any atom is -0.493 e. The van der Waals surface area contributed by atoms with E-state index >= 15 is 0 Å². The van der Waals surface area contributed by atoms with Gasteiger partial charge in [-0.2, -0.15) is 5.26 Å². The van der Waals surface area contributed by atoms with Crippen LogP contribution in [0.3, 0.4) is 0 Å². The molecule has 126 valence electrons. The quantitative estimate of drug-likeness (QED) is 0.376. The average Bonchev–Trinajstić information content (AvgIpc) is 3.00. The van der Waals surface area contributed by atoms with Gasteiger partial charge in [0.05, 0.1) is 18.2 Å². The zero-order valence-electron chi connectivity index (χ0n) is 13.1. The highest BCUT2D eigenvalue weighted by atomic mass is 79.9. The fraction of sp³-hybridized carbons (Fsp3) is 0.118. The van der Waals surface area contributed by atoms with E-state index in [1.165, 1.54) is 16.4 Å². The topological polar surface area (TPSA) is 89.8 Å². The average molecular weight is 416 g/mol. The third-order valence-electron chi connectivity index (χ3n) is 3.35. The Labute approximate surface area is 157 Å². The van der Waals surface area contributed by atoms with Gasteiger partial charge in [-0.05, 0) is 36.4 Å². The maximum Gasteiger partial charge on any atom is 0.210 e. The predicted molar refractivity (Wildman–Crippen MR) is 101 cm³/mol. The van der Waals surface area contributed by atoms with E-state index in [-0.39, 0.29) is 0 Å². The summed E-state index contributed by atoms with van der Waals surface area (Å²) in [5.41, 5.74) is 1.50. The summed E-state index contributed by atoms with van der Waals surface area (Å²) in [5, 5.41) is 17.7. The zero-order valence-corrected chi connectivity index (χ0v) is 15.5. The lowest BCUT2D eigenvalue weighted by Crippen LogP contribution is -2.12. The van der Waals surface area contributed by atoms with Crippen molar-refractivity contribution in [2.45, 2.75) is 5.16 Å². The zero-order chi connectivity index (χ0) is 17.6. The number of nitriles is 1. The number of ether oxygens (including phenoxy) is 1. The summed E-state index contributed by atoms with van der Waals surface area (Å²) >= 11 is 4.96. The van der Waals surface area contributed by atoms with Crippen LogP contribution in [-0.2, 0) is 0 Å². The van der Waals surface area contributed by atoms with Gasteiger partial charge in [-0.3, -0.25) is 0 Å². The number of hydrogen-bond donors (Lipinski definition) is 1. The van der Waals surface area contributed by atoms with Gasteiger partial charge in [-0.1, -0.05) is 39.8 Å². The Hall–Kier alpha value is -2.50. The van der Waals surface area contributed by atoms with Gasteiger partial charge in [-0.25, -0.2) is 4.68 Å². The molecule has 2 aromatic carbocycles. The lowest BCUT2D eigenvalue weighted by Gasteiger charge is -2.07. The summed E-state index contributed by atoms with van der Waals surface area (Å²) in [4.78, 5) is 0. The molecule has 0 bridgehead atoms. The maximum absolute atomic E-state index is 8.77. The summed E-state index contributed by atoms with van der Waals surface area (Å²) < 4.78 is 8.03. The van der Waals surface area contributed by atoms with Gasteiger partial charge in [0.25, 0.3) is 0 Å². The van der Waals surface area contributed by atoms with Crippen molar-refractivity contribution in [3.05, 3.63) is 58.6 Å². The molecule has 8 heteroatoms. The van der Waals surface area contributed by atoms with E-state index < -0.39 is 0 Å². The van der Waals surface area contributed by atoms with Crippen LogP contribution in [0.4, 0.5) is 0 Å². The molecule has 3 aromatic rings. The number of aromatic nitrogens is 3. The van der Waals surface area contributed by atoms with E-state index in [9.17, 15) is 0 Å². The van der Waals surface area contributed by atoms with Gasteiger partial charge in [0, 0.05) is 15.8 Å². The molecule has 6 nitrogen and oxygen atoms in total. The Morgan fingerprint density at radius 3 is 2.64 bits per heavy atom. The lowest BCUT2D eigenvalue weighted by atomic mass is 10.2. The van der Waals surface area contributed by atoms with Crippen molar-refractivity contribution in [3.8, 4) is 23.2 Å². The Morgan fingerprint density at radius 2 is 1.92 bits per heavy atom. The number of nitrogens with zero attached hydrogens (tertiary/aromatic N) is 4. The van der Waals surface area contributed by atoms with Gasteiger partial charge >= 0.3 is 0 Å². The number of halogens is 1. The van der Waals surface area contributed by atoms with Gasteiger partial charge in [0.15, 0.2) is 5.82 Å². The number of rotatable bonds is 6. The maximum atomic E-state index is 8.77. The monoisotopic (exact) mass is 415 g/mol. The first-order chi connectivity index (χ1) is 12.2. The van der Waals surface area contributed by atoms with Crippen molar-refractivity contribution in [1.82, 2.24) is 14.9 Å². The van der Waals surface area contributed by atoms with Crippen LogP contribution in [-0.4, -0.2) is 27.2 Å². The van der Waals surface area contributed by atoms with Crippen LogP contribution in [0, 0.1) is 11.3 Å². The van der Waals surface area contributed by atoms with E-state index in [4.69, 9.17) is 15.8 Å². The normalized spacial score (nSPS) is 10.4. The molecule has 0 radical (unpaired) electrons. The largest absolute Gasteiger partial charge is 0.493 e. The highest BCUT2D eigenvalue weighted by molar-refractivity contribution is 9.10. The minimum atomic E-state index is 0.494. The number of hydrogen-bond acceptors (Lipinski definition) is 6. The van der Waals surface area contributed by atoms with Crippen LogP contribution in [0.1, 0.15) is 5.56 Å². The molecule has 0 atom stereocenters. The van der Waals surface area contributed by atoms with Gasteiger partial charge < -0.3 is 10.6 Å². The first-order valence-electron chi connectivity index (χ1n) is 7.40. The van der Waals surface area contributed by atoms with Crippen LogP contribution in [0.15, 0.2) is 58.2 Å². The van der Waals surface area contributed by atoms with Gasteiger partial charge in [-0.15, -0.1) is 10.2 Å². The van der Waals surface area contributed by atoms with Crippen molar-refractivity contribution in [1.29, 1.82) is 5.26 Å².